The van der Waals surface area contributed by atoms with E-state index >= 15 is 0 Å². The van der Waals surface area contributed by atoms with Gasteiger partial charge in [-0.25, -0.2) is 9.97 Å². The number of rotatable bonds is 1. The van der Waals surface area contributed by atoms with Gasteiger partial charge in [0, 0.05) is 42.4 Å². The molecule has 4 aromatic rings. The molecule has 0 aliphatic carbocycles. The average Bonchev–Trinajstić information content (AvgIpc) is 3.51. The van der Waals surface area contributed by atoms with Crippen LogP contribution in [0.3, 0.4) is 0 Å². The van der Waals surface area contributed by atoms with Crippen molar-refractivity contribution in [3.8, 4) is 0 Å². The molecule has 0 spiro atoms. The van der Waals surface area contributed by atoms with Gasteiger partial charge < -0.3 is 9.97 Å². The first-order chi connectivity index (χ1) is 14.7. The molecule has 0 fully saturated rings. The second kappa shape index (κ2) is 6.93. The SMILES string of the molecule is Brc1csc(C2=Cc3cc4ccc(cc5ccc(cc6nc(cc2n3)C=C6)[nH]5)[nH]4)c1. The third-order valence-corrected chi connectivity index (χ3v) is 6.72. The van der Waals surface area contributed by atoms with Crippen molar-refractivity contribution in [2.24, 2.45) is 0 Å². The van der Waals surface area contributed by atoms with E-state index in [0.717, 1.165) is 54.9 Å². The lowest BCUT2D eigenvalue weighted by Crippen LogP contribution is -1.83. The molecule has 6 heterocycles. The molecule has 4 nitrogen and oxygen atoms in total. The maximum atomic E-state index is 4.90. The number of aromatic nitrogens is 4. The summed E-state index contributed by atoms with van der Waals surface area (Å²) in [6.45, 7) is 0. The van der Waals surface area contributed by atoms with Crippen molar-refractivity contribution in [1.82, 2.24) is 19.9 Å². The third-order valence-electron chi connectivity index (χ3n) is 5.00. The molecule has 0 aromatic carbocycles. The predicted octanol–water partition coefficient (Wildman–Crippen LogP) is 6.90. The Balaban J connectivity index is 1.65. The minimum absolute atomic E-state index is 0.898. The second-order valence-electron chi connectivity index (χ2n) is 7.22. The summed E-state index contributed by atoms with van der Waals surface area (Å²) in [6, 6.07) is 18.7. The van der Waals surface area contributed by atoms with E-state index in [0.29, 0.717) is 0 Å². The van der Waals surface area contributed by atoms with Crippen LogP contribution in [0, 0.1) is 0 Å². The topological polar surface area (TPSA) is 57.4 Å². The van der Waals surface area contributed by atoms with Crippen LogP contribution in [0.15, 0.2) is 64.5 Å². The van der Waals surface area contributed by atoms with Gasteiger partial charge in [-0.2, -0.15) is 0 Å². The molecule has 6 rings (SSSR count). The Hall–Kier alpha value is -3.22. The van der Waals surface area contributed by atoms with Gasteiger partial charge in [0.2, 0.25) is 0 Å². The number of H-pyrrole nitrogens is 2. The lowest BCUT2D eigenvalue weighted by atomic mass is 10.1. The maximum Gasteiger partial charge on any atom is 0.0745 e. The summed E-state index contributed by atoms with van der Waals surface area (Å²) in [4.78, 5) is 17.7. The molecule has 0 radical (unpaired) electrons. The lowest BCUT2D eigenvalue weighted by Gasteiger charge is -1.97. The molecule has 4 aromatic heterocycles. The van der Waals surface area contributed by atoms with E-state index in [1.807, 2.05) is 12.2 Å². The highest BCUT2D eigenvalue weighted by Crippen LogP contribution is 2.34. The Morgan fingerprint density at radius 3 is 2.00 bits per heavy atom. The van der Waals surface area contributed by atoms with E-state index in [2.05, 4.69) is 92.0 Å². The zero-order valence-electron chi connectivity index (χ0n) is 15.7. The molecule has 144 valence electrons. The lowest BCUT2D eigenvalue weighted by molar-refractivity contribution is 1.27. The summed E-state index contributed by atoms with van der Waals surface area (Å²) in [6.07, 6.45) is 6.20. The van der Waals surface area contributed by atoms with E-state index in [-0.39, 0.29) is 0 Å². The quantitative estimate of drug-likeness (QED) is 0.274. The van der Waals surface area contributed by atoms with Crippen LogP contribution in [0.25, 0.3) is 45.9 Å². The van der Waals surface area contributed by atoms with Crippen molar-refractivity contribution in [3.63, 3.8) is 0 Å². The monoisotopic (exact) mass is 470 g/mol. The predicted molar refractivity (Wildman–Crippen MR) is 129 cm³/mol. The van der Waals surface area contributed by atoms with Gasteiger partial charge in [0.05, 0.1) is 22.8 Å². The number of thiophene rings is 1. The zero-order chi connectivity index (χ0) is 20.1. The van der Waals surface area contributed by atoms with E-state index in [1.165, 1.54) is 4.88 Å². The van der Waals surface area contributed by atoms with Crippen molar-refractivity contribution in [2.45, 2.75) is 0 Å². The Kier molecular flexibility index (Phi) is 4.07. The van der Waals surface area contributed by atoms with Crippen LogP contribution in [0.5, 0.6) is 0 Å². The standard InChI is InChI=1S/C24H15BrN4S/c25-14-7-24(30-13-14)22-11-21-10-19-4-3-17(27-19)8-15-1-2-16(26-15)9-18-5-6-20(28-18)12-23(22)29-21/h1-13,26-27H. The summed E-state index contributed by atoms with van der Waals surface area (Å²) in [5.41, 5.74) is 8.89. The molecule has 6 heteroatoms. The molecule has 0 amide bonds. The molecule has 2 N–H and O–H groups in total. The Morgan fingerprint density at radius 2 is 1.33 bits per heavy atom. The fraction of sp³-hybridized carbons (Fsp3) is 0. The first-order valence-electron chi connectivity index (χ1n) is 9.51. The van der Waals surface area contributed by atoms with Gasteiger partial charge in [0.25, 0.3) is 0 Å². The third kappa shape index (κ3) is 3.34. The Bertz CT molecular complexity index is 1520. The zero-order valence-corrected chi connectivity index (χ0v) is 18.1. The number of fused-ring (bicyclic) bond motifs is 8. The highest BCUT2D eigenvalue weighted by Gasteiger charge is 2.15. The van der Waals surface area contributed by atoms with Gasteiger partial charge in [-0.3, -0.25) is 0 Å². The molecular weight excluding hydrogens is 456 g/mol. The number of nitrogens with zero attached hydrogens (tertiary/aromatic N) is 2. The first kappa shape index (κ1) is 17.6. The Morgan fingerprint density at radius 1 is 0.700 bits per heavy atom. The minimum atomic E-state index is 0.898. The van der Waals surface area contributed by atoms with Gasteiger partial charge in [-0.1, -0.05) is 0 Å². The molecule has 8 bridgehead atoms. The summed E-state index contributed by atoms with van der Waals surface area (Å²) in [5.74, 6) is 0. The van der Waals surface area contributed by atoms with Gasteiger partial charge in [0.15, 0.2) is 0 Å². The van der Waals surface area contributed by atoms with Crippen LogP contribution in [-0.2, 0) is 0 Å². The van der Waals surface area contributed by atoms with Crippen molar-refractivity contribution in [2.75, 3.05) is 0 Å². The molecule has 0 unspecified atom stereocenters. The fourth-order valence-corrected chi connectivity index (χ4v) is 5.12. The van der Waals surface area contributed by atoms with Crippen LogP contribution in [0.2, 0.25) is 0 Å². The molecule has 0 saturated carbocycles. The fourth-order valence-electron chi connectivity index (χ4n) is 3.67. The minimum Gasteiger partial charge on any atom is -0.355 e. The van der Waals surface area contributed by atoms with E-state index in [9.17, 15) is 0 Å². The second-order valence-corrected chi connectivity index (χ2v) is 9.05. The van der Waals surface area contributed by atoms with Crippen LogP contribution in [0.1, 0.15) is 27.7 Å². The molecule has 30 heavy (non-hydrogen) atoms. The summed E-state index contributed by atoms with van der Waals surface area (Å²) >= 11 is 5.27. The normalized spacial score (nSPS) is 12.9. The highest BCUT2D eigenvalue weighted by molar-refractivity contribution is 9.10. The van der Waals surface area contributed by atoms with Crippen molar-refractivity contribution >= 4 is 73.1 Å². The summed E-state index contributed by atoms with van der Waals surface area (Å²) in [7, 11) is 0. The van der Waals surface area contributed by atoms with Crippen LogP contribution in [-0.4, -0.2) is 19.9 Å². The van der Waals surface area contributed by atoms with Gasteiger partial charge in [0.1, 0.15) is 0 Å². The smallest absolute Gasteiger partial charge is 0.0745 e. The van der Waals surface area contributed by atoms with Crippen LogP contribution < -0.4 is 0 Å². The number of aromatic amines is 2. The molecular formula is C24H15BrN4S. The molecule has 2 aliphatic heterocycles. The van der Waals surface area contributed by atoms with E-state index in [4.69, 9.17) is 9.97 Å². The summed E-state index contributed by atoms with van der Waals surface area (Å²) < 4.78 is 1.08. The molecule has 0 saturated heterocycles. The number of halogens is 1. The average molecular weight is 471 g/mol. The van der Waals surface area contributed by atoms with Crippen LogP contribution >= 0.6 is 27.3 Å². The van der Waals surface area contributed by atoms with Gasteiger partial charge >= 0.3 is 0 Å². The summed E-state index contributed by atoms with van der Waals surface area (Å²) in [5, 5.41) is 2.09. The van der Waals surface area contributed by atoms with Crippen LogP contribution in [0.4, 0.5) is 0 Å². The number of nitrogens with one attached hydrogen (secondary N) is 2. The van der Waals surface area contributed by atoms with E-state index < -0.39 is 0 Å². The Labute approximate surface area is 184 Å². The maximum absolute atomic E-state index is 4.90. The molecule has 2 aliphatic rings. The van der Waals surface area contributed by atoms with Crippen molar-refractivity contribution in [3.05, 3.63) is 92.1 Å². The highest BCUT2D eigenvalue weighted by atomic mass is 79.9. The van der Waals surface area contributed by atoms with E-state index in [1.54, 1.807) is 11.3 Å². The number of hydrogen-bond acceptors (Lipinski definition) is 3. The van der Waals surface area contributed by atoms with Gasteiger partial charge in [-0.15, -0.1) is 11.3 Å². The molecule has 0 atom stereocenters. The first-order valence-corrected chi connectivity index (χ1v) is 11.2. The van der Waals surface area contributed by atoms with Crippen molar-refractivity contribution in [1.29, 1.82) is 0 Å². The number of hydrogen-bond donors (Lipinski definition) is 2. The largest absolute Gasteiger partial charge is 0.355 e. The van der Waals surface area contributed by atoms with Gasteiger partial charge in [-0.05, 0) is 88.8 Å². The van der Waals surface area contributed by atoms with Crippen molar-refractivity contribution < 1.29 is 0 Å².